The van der Waals surface area contributed by atoms with Gasteiger partial charge in [0.1, 0.15) is 10.7 Å². The number of nitrogens with one attached hydrogen (secondary N) is 1. The van der Waals surface area contributed by atoms with Crippen LogP contribution >= 0.6 is 57.7 Å². The Kier molecular flexibility index (Phi) is 8.26. The molecule has 1 aromatic heterocycles. The molecule has 0 bridgehead atoms. The fraction of sp³-hybridized carbons (Fsp3) is 0. The summed E-state index contributed by atoms with van der Waals surface area (Å²) in [6.07, 6.45) is 1.55. The number of anilines is 1. The van der Waals surface area contributed by atoms with E-state index in [9.17, 15) is 19.6 Å². The molecular formula is C26H14Cl4N4O3S. The van der Waals surface area contributed by atoms with E-state index in [2.05, 4.69) is 5.32 Å². The number of aromatic nitrogens is 1. The molecule has 3 aromatic carbocycles. The number of benzene rings is 3. The van der Waals surface area contributed by atoms with E-state index in [4.69, 9.17) is 52.1 Å². The number of rotatable bonds is 5. The fourth-order valence-corrected chi connectivity index (χ4v) is 5.56. The molecule has 0 atom stereocenters. The molecule has 0 aliphatic heterocycles. The first-order valence-corrected chi connectivity index (χ1v) is 12.9. The minimum absolute atomic E-state index is 0.0160. The Morgan fingerprint density at radius 2 is 1.66 bits per heavy atom. The Hall–Kier alpha value is -3.58. The van der Waals surface area contributed by atoms with E-state index in [-0.39, 0.29) is 30.5 Å². The van der Waals surface area contributed by atoms with Gasteiger partial charge in [-0.15, -0.1) is 11.3 Å². The third-order valence-electron chi connectivity index (χ3n) is 5.16. The zero-order valence-electron chi connectivity index (χ0n) is 19.0. The standard InChI is InChI=1S/C26H14Cl4N4O3S/c27-14-4-6-17(19(29)10-14)24(36)33-16-3-1-2-13(8-16)9-22-25(37)34(21-7-5-15(28)11-20(21)30)26(38-22)18(12-31)23(32)35/h1-11H,(H2,32,35)(H,33,36). The van der Waals surface area contributed by atoms with Crippen LogP contribution in [0, 0.1) is 11.3 Å². The number of thiazole rings is 1. The van der Waals surface area contributed by atoms with Gasteiger partial charge in [0.2, 0.25) is 0 Å². The van der Waals surface area contributed by atoms with Crippen molar-refractivity contribution < 1.29 is 9.59 Å². The van der Waals surface area contributed by atoms with Crippen LogP contribution in [0.25, 0.3) is 17.3 Å². The normalized spacial score (nSPS) is 12.1. The van der Waals surface area contributed by atoms with Gasteiger partial charge in [-0.2, -0.15) is 5.26 Å². The average molecular weight is 604 g/mol. The molecule has 7 nitrogen and oxygen atoms in total. The number of nitrogens with two attached hydrogens (primary N) is 1. The highest BCUT2D eigenvalue weighted by molar-refractivity contribution is 7.07. The largest absolute Gasteiger partial charge is 0.365 e. The van der Waals surface area contributed by atoms with E-state index in [1.54, 1.807) is 42.5 Å². The van der Waals surface area contributed by atoms with Crippen molar-refractivity contribution >= 4 is 86.9 Å². The van der Waals surface area contributed by atoms with Crippen LogP contribution in [0.5, 0.6) is 0 Å². The van der Waals surface area contributed by atoms with Crippen molar-refractivity contribution in [3.8, 4) is 11.8 Å². The molecule has 4 aromatic rings. The Balaban J connectivity index is 1.83. The maximum absolute atomic E-state index is 13.5. The predicted octanol–water partition coefficient (Wildman–Crippen LogP) is 4.75. The number of amides is 2. The smallest absolute Gasteiger partial charge is 0.273 e. The summed E-state index contributed by atoms with van der Waals surface area (Å²) in [4.78, 5) is 38.1. The molecule has 0 unspecified atom stereocenters. The second-order valence-electron chi connectivity index (χ2n) is 7.71. The van der Waals surface area contributed by atoms with Gasteiger partial charge in [-0.05, 0) is 60.2 Å². The minimum Gasteiger partial charge on any atom is -0.365 e. The second-order valence-corrected chi connectivity index (χ2v) is 10.4. The minimum atomic E-state index is -0.996. The molecule has 0 saturated heterocycles. The highest BCUT2D eigenvalue weighted by Gasteiger charge is 2.17. The molecule has 0 spiro atoms. The highest BCUT2D eigenvalue weighted by atomic mass is 35.5. The molecule has 0 fully saturated rings. The molecule has 0 saturated carbocycles. The van der Waals surface area contributed by atoms with Crippen LogP contribution in [0.2, 0.25) is 20.1 Å². The Morgan fingerprint density at radius 1 is 0.974 bits per heavy atom. The first-order valence-electron chi connectivity index (χ1n) is 10.6. The van der Waals surface area contributed by atoms with Gasteiger partial charge >= 0.3 is 0 Å². The monoisotopic (exact) mass is 602 g/mol. The molecule has 0 aliphatic rings. The van der Waals surface area contributed by atoms with Crippen LogP contribution in [-0.2, 0) is 4.79 Å². The lowest BCUT2D eigenvalue weighted by Crippen LogP contribution is -2.32. The fourth-order valence-electron chi connectivity index (χ4n) is 3.47. The van der Waals surface area contributed by atoms with E-state index >= 15 is 0 Å². The van der Waals surface area contributed by atoms with E-state index < -0.39 is 22.9 Å². The summed E-state index contributed by atoms with van der Waals surface area (Å²) in [5.74, 6) is -1.44. The van der Waals surface area contributed by atoms with Crippen molar-refractivity contribution in [2.24, 2.45) is 5.73 Å². The van der Waals surface area contributed by atoms with Crippen LogP contribution in [0.3, 0.4) is 0 Å². The molecule has 0 aliphatic carbocycles. The third kappa shape index (κ3) is 5.78. The zero-order valence-corrected chi connectivity index (χ0v) is 22.8. The molecule has 3 N–H and O–H groups in total. The van der Waals surface area contributed by atoms with Crippen molar-refractivity contribution in [2.75, 3.05) is 5.32 Å². The van der Waals surface area contributed by atoms with Gasteiger partial charge in [0.05, 0.1) is 25.8 Å². The first kappa shape index (κ1) is 27.5. The molecule has 1 heterocycles. The summed E-state index contributed by atoms with van der Waals surface area (Å²) < 4.78 is 1.35. The van der Waals surface area contributed by atoms with Crippen molar-refractivity contribution in [1.82, 2.24) is 4.57 Å². The van der Waals surface area contributed by atoms with Gasteiger partial charge in [-0.1, -0.05) is 58.5 Å². The van der Waals surface area contributed by atoms with Crippen LogP contribution < -0.4 is 25.8 Å². The van der Waals surface area contributed by atoms with Crippen LogP contribution in [0.15, 0.2) is 65.5 Å². The third-order valence-corrected chi connectivity index (χ3v) is 7.34. The Morgan fingerprint density at radius 3 is 2.29 bits per heavy atom. The lowest BCUT2D eigenvalue weighted by molar-refractivity contribution is -0.112. The SMILES string of the molecule is N#CC(C(N)=O)=c1sc(=Cc2cccc(NC(=O)c3ccc(Cl)cc3Cl)c2)c(=O)n1-c1ccc(Cl)cc1Cl. The number of hydrogen-bond acceptors (Lipinski definition) is 5. The lowest BCUT2D eigenvalue weighted by atomic mass is 10.1. The molecular weight excluding hydrogens is 590 g/mol. The van der Waals surface area contributed by atoms with Crippen molar-refractivity contribution in [3.63, 3.8) is 0 Å². The topological polar surface area (TPSA) is 118 Å². The molecule has 2 amide bonds. The van der Waals surface area contributed by atoms with Crippen LogP contribution in [0.1, 0.15) is 15.9 Å². The molecule has 0 radical (unpaired) electrons. The quantitative estimate of drug-likeness (QED) is 0.342. The van der Waals surface area contributed by atoms with Gasteiger partial charge in [-0.3, -0.25) is 19.0 Å². The first-order chi connectivity index (χ1) is 18.1. The Bertz CT molecular complexity index is 1840. The number of halogens is 4. The highest BCUT2D eigenvalue weighted by Crippen LogP contribution is 2.24. The summed E-state index contributed by atoms with van der Waals surface area (Å²) >= 11 is 25.2. The predicted molar refractivity (Wildman–Crippen MR) is 152 cm³/mol. The van der Waals surface area contributed by atoms with Gasteiger partial charge in [0.25, 0.3) is 17.4 Å². The number of carbonyl (C=O) groups excluding carboxylic acids is 2. The summed E-state index contributed by atoms with van der Waals surface area (Å²) in [5, 5.41) is 13.4. The number of nitrogens with zero attached hydrogens (tertiary/aromatic N) is 2. The van der Waals surface area contributed by atoms with Gasteiger partial charge in [0.15, 0.2) is 5.57 Å². The zero-order chi connectivity index (χ0) is 27.6. The second kappa shape index (κ2) is 11.4. The molecule has 190 valence electrons. The summed E-state index contributed by atoms with van der Waals surface area (Å²) in [6, 6.07) is 17.5. The number of hydrogen-bond donors (Lipinski definition) is 2. The van der Waals surface area contributed by atoms with Crippen LogP contribution in [-0.4, -0.2) is 16.4 Å². The van der Waals surface area contributed by atoms with Gasteiger partial charge in [-0.25, -0.2) is 0 Å². The van der Waals surface area contributed by atoms with Gasteiger partial charge < -0.3 is 11.1 Å². The molecule has 4 rings (SSSR count). The lowest BCUT2D eigenvalue weighted by Gasteiger charge is -2.07. The molecule has 12 heteroatoms. The van der Waals surface area contributed by atoms with E-state index in [0.717, 1.165) is 15.9 Å². The summed E-state index contributed by atoms with van der Waals surface area (Å²) in [6.45, 7) is 0. The van der Waals surface area contributed by atoms with Crippen molar-refractivity contribution in [2.45, 2.75) is 0 Å². The van der Waals surface area contributed by atoms with E-state index in [1.165, 1.54) is 30.3 Å². The maximum atomic E-state index is 13.5. The van der Waals surface area contributed by atoms with E-state index in [0.29, 0.717) is 21.3 Å². The maximum Gasteiger partial charge on any atom is 0.273 e. The van der Waals surface area contributed by atoms with Gasteiger partial charge in [0, 0.05) is 15.7 Å². The van der Waals surface area contributed by atoms with E-state index in [1.807, 2.05) is 0 Å². The van der Waals surface area contributed by atoms with Crippen LogP contribution in [0.4, 0.5) is 5.69 Å². The number of primary amides is 1. The number of carbonyl (C=O) groups is 2. The molecule has 38 heavy (non-hydrogen) atoms. The average Bonchev–Trinajstić information content (AvgIpc) is 3.14. The van der Waals surface area contributed by atoms with Crippen molar-refractivity contribution in [3.05, 3.63) is 111 Å². The summed E-state index contributed by atoms with van der Waals surface area (Å²) in [5.41, 5.74) is 5.92. The number of nitriles is 1. The van der Waals surface area contributed by atoms with Crippen molar-refractivity contribution in [1.29, 1.82) is 5.26 Å². The summed E-state index contributed by atoms with van der Waals surface area (Å²) in [7, 11) is 0. The Labute approximate surface area is 239 Å².